The van der Waals surface area contributed by atoms with Crippen molar-refractivity contribution in [1.82, 2.24) is 0 Å². The van der Waals surface area contributed by atoms with E-state index in [1.54, 1.807) is 12.1 Å². The Morgan fingerprint density at radius 3 is 2.95 bits per heavy atom. The molecule has 0 spiro atoms. The van der Waals surface area contributed by atoms with E-state index in [0.717, 1.165) is 18.5 Å². The standard InChI is InChI=1S/C14H20N2O3/c1-2-10(8-15)3-6-14(17)16-11-4-5-12-13(7-11)19-9-18-12/h4-5,7,10H,2-3,6,8-9,15H2,1H3,(H,16,17). The predicted molar refractivity (Wildman–Crippen MR) is 73.3 cm³/mol. The molecule has 0 aliphatic carbocycles. The maximum Gasteiger partial charge on any atom is 0.231 e. The minimum Gasteiger partial charge on any atom is -0.454 e. The molecule has 0 aromatic heterocycles. The van der Waals surface area contributed by atoms with Crippen molar-refractivity contribution in [2.75, 3.05) is 18.7 Å². The number of hydrogen-bond acceptors (Lipinski definition) is 4. The molecule has 0 bridgehead atoms. The molecule has 5 heteroatoms. The fraction of sp³-hybridized carbons (Fsp3) is 0.500. The number of nitrogens with two attached hydrogens (primary N) is 1. The minimum atomic E-state index is 0.00534. The van der Waals surface area contributed by atoms with Crippen LogP contribution < -0.4 is 20.5 Å². The third kappa shape index (κ3) is 3.61. The van der Waals surface area contributed by atoms with Gasteiger partial charge in [0.1, 0.15) is 0 Å². The monoisotopic (exact) mass is 264 g/mol. The van der Waals surface area contributed by atoms with Crippen molar-refractivity contribution in [2.24, 2.45) is 11.7 Å². The molecule has 0 saturated heterocycles. The lowest BCUT2D eigenvalue weighted by atomic mass is 10.0. The van der Waals surface area contributed by atoms with Crippen molar-refractivity contribution in [3.05, 3.63) is 18.2 Å². The molecule has 5 nitrogen and oxygen atoms in total. The van der Waals surface area contributed by atoms with Crippen LogP contribution in [0.25, 0.3) is 0 Å². The average Bonchev–Trinajstić information content (AvgIpc) is 2.87. The van der Waals surface area contributed by atoms with Gasteiger partial charge in [-0.05, 0) is 31.0 Å². The second kappa shape index (κ2) is 6.43. The molecular formula is C14H20N2O3. The van der Waals surface area contributed by atoms with Crippen LogP contribution in [0.2, 0.25) is 0 Å². The Bertz CT molecular complexity index is 444. The largest absolute Gasteiger partial charge is 0.454 e. The Morgan fingerprint density at radius 1 is 1.42 bits per heavy atom. The van der Waals surface area contributed by atoms with Crippen molar-refractivity contribution in [2.45, 2.75) is 26.2 Å². The van der Waals surface area contributed by atoms with Gasteiger partial charge in [0.15, 0.2) is 11.5 Å². The highest BCUT2D eigenvalue weighted by molar-refractivity contribution is 5.91. The Hall–Kier alpha value is -1.75. The fourth-order valence-electron chi connectivity index (χ4n) is 2.02. The molecule has 1 aromatic rings. The highest BCUT2D eigenvalue weighted by atomic mass is 16.7. The lowest BCUT2D eigenvalue weighted by Gasteiger charge is -2.11. The van der Waals surface area contributed by atoms with Gasteiger partial charge in [0.05, 0.1) is 0 Å². The third-order valence-electron chi connectivity index (χ3n) is 3.35. The number of carbonyl (C=O) groups excluding carboxylic acids is 1. The molecule has 1 aromatic carbocycles. The summed E-state index contributed by atoms with van der Waals surface area (Å²) in [6.45, 7) is 2.96. The quantitative estimate of drug-likeness (QED) is 0.825. The number of amides is 1. The van der Waals surface area contributed by atoms with Gasteiger partial charge in [-0.25, -0.2) is 0 Å². The number of benzene rings is 1. The van der Waals surface area contributed by atoms with Crippen LogP contribution in [0.15, 0.2) is 18.2 Å². The molecule has 1 aliphatic rings. The zero-order chi connectivity index (χ0) is 13.7. The molecule has 104 valence electrons. The van der Waals surface area contributed by atoms with Crippen LogP contribution in [0.3, 0.4) is 0 Å². The maximum atomic E-state index is 11.8. The molecule has 1 heterocycles. The summed E-state index contributed by atoms with van der Waals surface area (Å²) in [5.74, 6) is 1.81. The van der Waals surface area contributed by atoms with Crippen LogP contribution in [0.1, 0.15) is 26.2 Å². The Balaban J connectivity index is 1.85. The van der Waals surface area contributed by atoms with E-state index in [0.29, 0.717) is 30.4 Å². The van der Waals surface area contributed by atoms with Crippen molar-refractivity contribution < 1.29 is 14.3 Å². The molecule has 0 fully saturated rings. The zero-order valence-corrected chi connectivity index (χ0v) is 11.1. The van der Waals surface area contributed by atoms with E-state index in [1.807, 2.05) is 6.07 Å². The number of carbonyl (C=O) groups is 1. The van der Waals surface area contributed by atoms with Gasteiger partial charge in [-0.1, -0.05) is 13.3 Å². The van der Waals surface area contributed by atoms with Crippen molar-refractivity contribution >= 4 is 11.6 Å². The number of fused-ring (bicyclic) bond motifs is 1. The first kappa shape index (κ1) is 13.7. The molecule has 1 amide bonds. The van der Waals surface area contributed by atoms with Crippen LogP contribution in [-0.4, -0.2) is 19.2 Å². The van der Waals surface area contributed by atoms with Crippen LogP contribution in [0, 0.1) is 5.92 Å². The molecular weight excluding hydrogens is 244 g/mol. The lowest BCUT2D eigenvalue weighted by molar-refractivity contribution is -0.116. The van der Waals surface area contributed by atoms with E-state index in [9.17, 15) is 4.79 Å². The summed E-state index contributed by atoms with van der Waals surface area (Å²) in [6, 6.07) is 5.39. The smallest absolute Gasteiger partial charge is 0.231 e. The lowest BCUT2D eigenvalue weighted by Crippen LogP contribution is -2.17. The molecule has 19 heavy (non-hydrogen) atoms. The van der Waals surface area contributed by atoms with Gasteiger partial charge in [-0.15, -0.1) is 0 Å². The van der Waals surface area contributed by atoms with Gasteiger partial charge in [-0.2, -0.15) is 0 Å². The van der Waals surface area contributed by atoms with E-state index in [-0.39, 0.29) is 12.7 Å². The third-order valence-corrected chi connectivity index (χ3v) is 3.35. The van der Waals surface area contributed by atoms with Gasteiger partial charge in [0.2, 0.25) is 12.7 Å². The van der Waals surface area contributed by atoms with Crippen LogP contribution in [0.4, 0.5) is 5.69 Å². The normalized spacial score (nSPS) is 14.2. The predicted octanol–water partition coefficient (Wildman–Crippen LogP) is 2.12. The van der Waals surface area contributed by atoms with E-state index in [4.69, 9.17) is 15.2 Å². The van der Waals surface area contributed by atoms with E-state index < -0.39 is 0 Å². The molecule has 0 saturated carbocycles. The minimum absolute atomic E-state index is 0.00534. The summed E-state index contributed by atoms with van der Waals surface area (Å²) in [5, 5.41) is 2.86. The first-order chi connectivity index (χ1) is 9.22. The Morgan fingerprint density at radius 2 is 2.21 bits per heavy atom. The fourth-order valence-corrected chi connectivity index (χ4v) is 2.02. The molecule has 2 rings (SSSR count). The van der Waals surface area contributed by atoms with Crippen molar-refractivity contribution in [3.8, 4) is 11.5 Å². The summed E-state index contributed by atoms with van der Waals surface area (Å²) in [5.41, 5.74) is 6.35. The first-order valence-corrected chi connectivity index (χ1v) is 6.62. The summed E-state index contributed by atoms with van der Waals surface area (Å²) >= 11 is 0. The Kier molecular flexibility index (Phi) is 4.63. The van der Waals surface area contributed by atoms with Crippen LogP contribution in [0.5, 0.6) is 11.5 Å². The summed E-state index contributed by atoms with van der Waals surface area (Å²) in [7, 11) is 0. The molecule has 1 aliphatic heterocycles. The second-order valence-corrected chi connectivity index (χ2v) is 4.66. The summed E-state index contributed by atoms with van der Waals surface area (Å²) < 4.78 is 10.5. The molecule has 3 N–H and O–H groups in total. The maximum absolute atomic E-state index is 11.8. The van der Waals surface area contributed by atoms with Crippen LogP contribution >= 0.6 is 0 Å². The molecule has 1 atom stereocenters. The number of hydrogen-bond donors (Lipinski definition) is 2. The molecule has 1 unspecified atom stereocenters. The van der Waals surface area contributed by atoms with Gasteiger partial charge >= 0.3 is 0 Å². The zero-order valence-electron chi connectivity index (χ0n) is 11.1. The number of nitrogens with one attached hydrogen (secondary N) is 1. The van der Waals surface area contributed by atoms with Gasteiger partial charge in [0, 0.05) is 18.2 Å². The average molecular weight is 264 g/mol. The van der Waals surface area contributed by atoms with E-state index in [2.05, 4.69) is 12.2 Å². The highest BCUT2D eigenvalue weighted by Crippen LogP contribution is 2.34. The van der Waals surface area contributed by atoms with Gasteiger partial charge in [0.25, 0.3) is 0 Å². The second-order valence-electron chi connectivity index (χ2n) is 4.66. The molecule has 0 radical (unpaired) electrons. The van der Waals surface area contributed by atoms with Gasteiger partial charge in [-0.3, -0.25) is 4.79 Å². The van der Waals surface area contributed by atoms with Crippen molar-refractivity contribution in [1.29, 1.82) is 0 Å². The van der Waals surface area contributed by atoms with Crippen LogP contribution in [-0.2, 0) is 4.79 Å². The topological polar surface area (TPSA) is 73.6 Å². The number of ether oxygens (including phenoxy) is 2. The highest BCUT2D eigenvalue weighted by Gasteiger charge is 2.14. The number of anilines is 1. The van der Waals surface area contributed by atoms with E-state index >= 15 is 0 Å². The first-order valence-electron chi connectivity index (χ1n) is 6.62. The number of rotatable bonds is 6. The summed E-state index contributed by atoms with van der Waals surface area (Å²) in [4.78, 5) is 11.8. The van der Waals surface area contributed by atoms with Crippen molar-refractivity contribution in [3.63, 3.8) is 0 Å². The van der Waals surface area contributed by atoms with E-state index in [1.165, 1.54) is 0 Å². The summed E-state index contributed by atoms with van der Waals surface area (Å²) in [6.07, 6.45) is 2.32. The Labute approximate surface area is 113 Å². The van der Waals surface area contributed by atoms with Gasteiger partial charge < -0.3 is 20.5 Å². The SMILES string of the molecule is CCC(CN)CCC(=O)Nc1ccc2c(c1)OCO2.